The maximum Gasteiger partial charge on any atom is 0.287 e. The highest BCUT2D eigenvalue weighted by atomic mass is 35.5. The van der Waals surface area contributed by atoms with Crippen molar-refractivity contribution in [3.05, 3.63) is 56.9 Å². The minimum absolute atomic E-state index is 0.0665. The molecule has 0 aliphatic rings. The van der Waals surface area contributed by atoms with Gasteiger partial charge in [-0.15, -0.1) is 0 Å². The van der Waals surface area contributed by atoms with Crippen LogP contribution >= 0.6 is 23.2 Å². The lowest BCUT2D eigenvalue weighted by atomic mass is 10.3. The van der Waals surface area contributed by atoms with Crippen molar-refractivity contribution in [2.45, 2.75) is 6.54 Å². The number of rotatable bonds is 3. The number of para-hydroxylation sites is 1. The van der Waals surface area contributed by atoms with Gasteiger partial charge in [0.25, 0.3) is 5.56 Å². The summed E-state index contributed by atoms with van der Waals surface area (Å²) in [7, 11) is 1.63. The van der Waals surface area contributed by atoms with Crippen LogP contribution in [0.2, 0.25) is 10.0 Å². The standard InChI is InChI=1S/C13H11Cl2N3O2/c1-17(9-5-3-2-4-6-9)11(19)8-18-13(20)12(15)10(14)7-16-18/h2-7H,8H2,1H3. The molecule has 0 fully saturated rings. The Morgan fingerprint density at radius 3 is 2.60 bits per heavy atom. The number of halogens is 2. The Balaban J connectivity index is 2.21. The first-order valence-corrected chi connectivity index (χ1v) is 6.49. The normalized spacial score (nSPS) is 10.3. The summed E-state index contributed by atoms with van der Waals surface area (Å²) in [5.74, 6) is -0.288. The number of carbonyl (C=O) groups excluding carboxylic acids is 1. The summed E-state index contributed by atoms with van der Waals surface area (Å²) < 4.78 is 0.982. The molecule has 20 heavy (non-hydrogen) atoms. The van der Waals surface area contributed by atoms with E-state index >= 15 is 0 Å². The zero-order chi connectivity index (χ0) is 14.7. The van der Waals surface area contributed by atoms with Crippen molar-refractivity contribution in [2.75, 3.05) is 11.9 Å². The number of benzene rings is 1. The van der Waals surface area contributed by atoms with Gasteiger partial charge in [-0.2, -0.15) is 5.10 Å². The number of hydrogen-bond acceptors (Lipinski definition) is 3. The van der Waals surface area contributed by atoms with Gasteiger partial charge in [0.2, 0.25) is 5.91 Å². The van der Waals surface area contributed by atoms with Crippen LogP contribution in [0.5, 0.6) is 0 Å². The Labute approximate surface area is 125 Å². The lowest BCUT2D eigenvalue weighted by Gasteiger charge is -2.17. The summed E-state index contributed by atoms with van der Waals surface area (Å²) >= 11 is 11.4. The molecule has 7 heteroatoms. The molecule has 2 aromatic rings. The second-order valence-corrected chi connectivity index (χ2v) is 4.84. The van der Waals surface area contributed by atoms with E-state index in [0.717, 1.165) is 10.4 Å². The summed E-state index contributed by atoms with van der Waals surface area (Å²) in [5, 5.41) is 3.72. The zero-order valence-corrected chi connectivity index (χ0v) is 12.1. The Bertz CT molecular complexity index is 686. The highest BCUT2D eigenvalue weighted by Crippen LogP contribution is 2.15. The molecule has 1 amide bonds. The monoisotopic (exact) mass is 311 g/mol. The van der Waals surface area contributed by atoms with Gasteiger partial charge in [0.1, 0.15) is 11.6 Å². The van der Waals surface area contributed by atoms with Gasteiger partial charge in [-0.25, -0.2) is 4.68 Å². The Hall–Kier alpha value is -1.85. The molecular formula is C13H11Cl2N3O2. The molecule has 0 saturated heterocycles. The molecule has 0 radical (unpaired) electrons. The number of carbonyl (C=O) groups is 1. The highest BCUT2D eigenvalue weighted by molar-refractivity contribution is 6.41. The third-order valence-corrected chi connectivity index (χ3v) is 3.49. The van der Waals surface area contributed by atoms with E-state index in [2.05, 4.69) is 5.10 Å². The number of amides is 1. The quantitative estimate of drug-likeness (QED) is 0.873. The first-order valence-electron chi connectivity index (χ1n) is 5.73. The van der Waals surface area contributed by atoms with Crippen molar-refractivity contribution in [2.24, 2.45) is 0 Å². The van der Waals surface area contributed by atoms with Crippen LogP contribution in [-0.2, 0) is 11.3 Å². The molecular weight excluding hydrogens is 301 g/mol. The van der Waals surface area contributed by atoms with Crippen LogP contribution in [-0.4, -0.2) is 22.7 Å². The smallest absolute Gasteiger partial charge is 0.287 e. The van der Waals surface area contributed by atoms with Gasteiger partial charge in [0.05, 0.1) is 11.2 Å². The van der Waals surface area contributed by atoms with Crippen molar-refractivity contribution in [1.29, 1.82) is 0 Å². The Kier molecular flexibility index (Phi) is 4.42. The van der Waals surface area contributed by atoms with Gasteiger partial charge in [0, 0.05) is 12.7 Å². The molecule has 1 aromatic heterocycles. The lowest BCUT2D eigenvalue weighted by Crippen LogP contribution is -2.35. The van der Waals surface area contributed by atoms with E-state index in [0.29, 0.717) is 0 Å². The van der Waals surface area contributed by atoms with Crippen molar-refractivity contribution in [3.63, 3.8) is 0 Å². The maximum absolute atomic E-state index is 12.1. The minimum atomic E-state index is -0.589. The van der Waals surface area contributed by atoms with E-state index < -0.39 is 5.56 Å². The maximum atomic E-state index is 12.1. The van der Waals surface area contributed by atoms with Crippen LogP contribution in [0.3, 0.4) is 0 Å². The largest absolute Gasteiger partial charge is 0.314 e. The van der Waals surface area contributed by atoms with E-state index in [-0.39, 0.29) is 22.5 Å². The molecule has 0 spiro atoms. The van der Waals surface area contributed by atoms with Gasteiger partial charge < -0.3 is 4.90 Å². The number of anilines is 1. The van der Waals surface area contributed by atoms with Crippen LogP contribution < -0.4 is 10.5 Å². The molecule has 0 aliphatic carbocycles. The molecule has 5 nitrogen and oxygen atoms in total. The molecule has 0 atom stereocenters. The predicted molar refractivity (Wildman–Crippen MR) is 78.4 cm³/mol. The molecule has 1 aromatic carbocycles. The van der Waals surface area contributed by atoms with Crippen molar-refractivity contribution in [3.8, 4) is 0 Å². The summed E-state index contributed by atoms with van der Waals surface area (Å²) in [6.07, 6.45) is 1.24. The van der Waals surface area contributed by atoms with Crippen molar-refractivity contribution >= 4 is 34.8 Å². The minimum Gasteiger partial charge on any atom is -0.314 e. The fourth-order valence-corrected chi connectivity index (χ4v) is 1.86. The molecule has 1 heterocycles. The fourth-order valence-electron chi connectivity index (χ4n) is 1.59. The van der Waals surface area contributed by atoms with Crippen LogP contribution in [0.25, 0.3) is 0 Å². The van der Waals surface area contributed by atoms with Gasteiger partial charge in [-0.05, 0) is 12.1 Å². The SMILES string of the molecule is CN(C(=O)Cn1ncc(Cl)c(Cl)c1=O)c1ccccc1. The Morgan fingerprint density at radius 1 is 1.30 bits per heavy atom. The molecule has 0 aliphatic heterocycles. The van der Waals surface area contributed by atoms with Gasteiger partial charge in [-0.3, -0.25) is 9.59 Å². The molecule has 2 rings (SSSR count). The van der Waals surface area contributed by atoms with E-state index in [1.165, 1.54) is 11.1 Å². The summed E-state index contributed by atoms with van der Waals surface area (Å²) in [5.41, 5.74) is 0.139. The molecule has 0 N–H and O–H groups in total. The molecule has 104 valence electrons. The zero-order valence-electron chi connectivity index (χ0n) is 10.6. The third kappa shape index (κ3) is 3.00. The average molecular weight is 312 g/mol. The van der Waals surface area contributed by atoms with Gasteiger partial charge in [0.15, 0.2) is 0 Å². The van der Waals surface area contributed by atoms with Crippen LogP contribution in [0.15, 0.2) is 41.3 Å². The number of nitrogens with zero attached hydrogens (tertiary/aromatic N) is 3. The molecule has 0 unspecified atom stereocenters. The fraction of sp³-hybridized carbons (Fsp3) is 0.154. The number of aromatic nitrogens is 2. The summed E-state index contributed by atoms with van der Waals surface area (Å²) in [4.78, 5) is 25.4. The summed E-state index contributed by atoms with van der Waals surface area (Å²) in [6, 6.07) is 9.09. The van der Waals surface area contributed by atoms with Crippen LogP contribution in [0, 0.1) is 0 Å². The highest BCUT2D eigenvalue weighted by Gasteiger charge is 2.14. The first kappa shape index (κ1) is 14.6. The first-order chi connectivity index (χ1) is 9.50. The van der Waals surface area contributed by atoms with Crippen molar-refractivity contribution in [1.82, 2.24) is 9.78 Å². The second kappa shape index (κ2) is 6.07. The molecule has 0 bridgehead atoms. The molecule has 0 saturated carbocycles. The topological polar surface area (TPSA) is 55.2 Å². The van der Waals surface area contributed by atoms with Crippen LogP contribution in [0.1, 0.15) is 0 Å². The van der Waals surface area contributed by atoms with E-state index in [4.69, 9.17) is 23.2 Å². The van der Waals surface area contributed by atoms with Crippen molar-refractivity contribution < 1.29 is 4.79 Å². The third-order valence-electron chi connectivity index (χ3n) is 2.74. The van der Waals surface area contributed by atoms with E-state index in [1.807, 2.05) is 18.2 Å². The lowest BCUT2D eigenvalue weighted by molar-refractivity contribution is -0.119. The second-order valence-electron chi connectivity index (χ2n) is 4.06. The van der Waals surface area contributed by atoms with Gasteiger partial charge in [-0.1, -0.05) is 41.4 Å². The van der Waals surface area contributed by atoms with E-state index in [9.17, 15) is 9.59 Å². The number of likely N-dealkylation sites (N-methyl/N-ethyl adjacent to an activating group) is 1. The number of hydrogen-bond donors (Lipinski definition) is 0. The summed E-state index contributed by atoms with van der Waals surface area (Å²) in [6.45, 7) is -0.207. The Morgan fingerprint density at radius 2 is 1.95 bits per heavy atom. The van der Waals surface area contributed by atoms with E-state index in [1.54, 1.807) is 19.2 Å². The predicted octanol–water partition coefficient (Wildman–Crippen LogP) is 2.21. The van der Waals surface area contributed by atoms with Crippen LogP contribution in [0.4, 0.5) is 5.69 Å². The van der Waals surface area contributed by atoms with Gasteiger partial charge >= 0.3 is 0 Å². The average Bonchev–Trinajstić information content (AvgIpc) is 2.48.